The maximum Gasteiger partial charge on any atom is 0.272 e. The second-order valence-corrected chi connectivity index (χ2v) is 8.13. The summed E-state index contributed by atoms with van der Waals surface area (Å²) in [4.78, 5) is 26.5. The van der Waals surface area contributed by atoms with Crippen LogP contribution in [0.25, 0.3) is 0 Å². The minimum Gasteiger partial charge on any atom is -0.369 e. The van der Waals surface area contributed by atoms with Gasteiger partial charge >= 0.3 is 0 Å². The van der Waals surface area contributed by atoms with Gasteiger partial charge in [0.25, 0.3) is 5.91 Å². The monoisotopic (exact) mass is 416 g/mol. The van der Waals surface area contributed by atoms with E-state index in [1.807, 2.05) is 77.5 Å². The van der Waals surface area contributed by atoms with Crippen molar-refractivity contribution < 1.29 is 9.59 Å². The van der Waals surface area contributed by atoms with Crippen molar-refractivity contribution in [3.8, 4) is 0 Å². The molecular weight excluding hydrogens is 388 g/mol. The summed E-state index contributed by atoms with van der Waals surface area (Å²) in [5, 5.41) is 2.99. The van der Waals surface area contributed by atoms with Gasteiger partial charge in [-0.15, -0.1) is 0 Å². The van der Waals surface area contributed by atoms with Gasteiger partial charge in [0.1, 0.15) is 5.69 Å². The number of aromatic nitrogens is 1. The third-order valence-corrected chi connectivity index (χ3v) is 5.78. The Bertz CT molecular complexity index is 1030. The molecule has 1 aliphatic heterocycles. The fourth-order valence-electron chi connectivity index (χ4n) is 4.12. The van der Waals surface area contributed by atoms with E-state index in [1.54, 1.807) is 0 Å². The van der Waals surface area contributed by atoms with Gasteiger partial charge in [-0.1, -0.05) is 42.5 Å². The van der Waals surface area contributed by atoms with E-state index in [1.165, 1.54) is 0 Å². The van der Waals surface area contributed by atoms with Crippen LogP contribution in [0.3, 0.4) is 0 Å². The minimum absolute atomic E-state index is 0.0561. The molecule has 6 heteroatoms. The van der Waals surface area contributed by atoms with Crippen molar-refractivity contribution in [3.05, 3.63) is 89.7 Å². The standard InChI is InChI=1S/C25H28N4O2/c26-24(30)21-8-4-14-28(18-21)16-20-10-12-22(13-11-20)27-25(31)23-9-5-15-29(23)17-19-6-2-1-3-7-19/h1-3,5-7,9-13,15,21H,4,8,14,16-18H2,(H2,26,30)(H,27,31). The SMILES string of the molecule is NC(=O)C1CCCN(Cc2ccc(NC(=O)c3cccn3Cc3ccccc3)cc2)C1. The molecule has 31 heavy (non-hydrogen) atoms. The molecule has 1 saturated heterocycles. The zero-order chi connectivity index (χ0) is 21.6. The summed E-state index contributed by atoms with van der Waals surface area (Å²) >= 11 is 0. The Kier molecular flexibility index (Phi) is 6.48. The van der Waals surface area contributed by atoms with Crippen LogP contribution in [0, 0.1) is 5.92 Å². The lowest BCUT2D eigenvalue weighted by atomic mass is 9.97. The molecule has 4 rings (SSSR count). The van der Waals surface area contributed by atoms with E-state index in [9.17, 15) is 9.59 Å². The molecule has 0 spiro atoms. The number of nitrogens with two attached hydrogens (primary N) is 1. The molecule has 1 aliphatic rings. The van der Waals surface area contributed by atoms with Crippen LogP contribution in [0.2, 0.25) is 0 Å². The first-order valence-electron chi connectivity index (χ1n) is 10.7. The van der Waals surface area contributed by atoms with Crippen LogP contribution in [0.1, 0.15) is 34.5 Å². The Morgan fingerprint density at radius 1 is 0.935 bits per heavy atom. The Hall–Kier alpha value is -3.38. The van der Waals surface area contributed by atoms with Gasteiger partial charge in [0, 0.05) is 31.5 Å². The van der Waals surface area contributed by atoms with E-state index in [-0.39, 0.29) is 17.7 Å². The highest BCUT2D eigenvalue weighted by Crippen LogP contribution is 2.19. The summed E-state index contributed by atoms with van der Waals surface area (Å²) in [6.07, 6.45) is 3.79. The molecule has 1 atom stereocenters. The van der Waals surface area contributed by atoms with E-state index < -0.39 is 0 Å². The fourth-order valence-corrected chi connectivity index (χ4v) is 4.12. The number of anilines is 1. The minimum atomic E-state index is -0.209. The summed E-state index contributed by atoms with van der Waals surface area (Å²) in [7, 11) is 0. The maximum atomic E-state index is 12.8. The number of carbonyl (C=O) groups is 2. The van der Waals surface area contributed by atoms with Crippen molar-refractivity contribution >= 4 is 17.5 Å². The van der Waals surface area contributed by atoms with Crippen LogP contribution < -0.4 is 11.1 Å². The summed E-state index contributed by atoms with van der Waals surface area (Å²) in [5.41, 5.74) is 9.15. The number of nitrogens with one attached hydrogen (secondary N) is 1. The summed E-state index contributed by atoms with van der Waals surface area (Å²) in [6, 6.07) is 21.7. The third kappa shape index (κ3) is 5.41. The van der Waals surface area contributed by atoms with Crippen LogP contribution in [0.15, 0.2) is 72.9 Å². The zero-order valence-corrected chi connectivity index (χ0v) is 17.5. The van der Waals surface area contributed by atoms with Crippen LogP contribution in [-0.4, -0.2) is 34.4 Å². The highest BCUT2D eigenvalue weighted by atomic mass is 16.2. The number of likely N-dealkylation sites (tertiary alicyclic amines) is 1. The van der Waals surface area contributed by atoms with Crippen molar-refractivity contribution in [1.82, 2.24) is 9.47 Å². The van der Waals surface area contributed by atoms with Gasteiger partial charge in [0.2, 0.25) is 5.91 Å². The van der Waals surface area contributed by atoms with Gasteiger partial charge in [0.05, 0.1) is 5.92 Å². The molecule has 2 amide bonds. The van der Waals surface area contributed by atoms with Gasteiger partial charge in [-0.2, -0.15) is 0 Å². The molecule has 0 radical (unpaired) electrons. The molecule has 0 aliphatic carbocycles. The van der Waals surface area contributed by atoms with E-state index in [2.05, 4.69) is 10.2 Å². The van der Waals surface area contributed by atoms with E-state index >= 15 is 0 Å². The topological polar surface area (TPSA) is 80.4 Å². The maximum absolute atomic E-state index is 12.8. The van der Waals surface area contributed by atoms with E-state index in [0.29, 0.717) is 18.8 Å². The second-order valence-electron chi connectivity index (χ2n) is 8.13. The molecule has 1 aromatic heterocycles. The fraction of sp³-hybridized carbons (Fsp3) is 0.280. The highest BCUT2D eigenvalue weighted by molar-refractivity contribution is 6.03. The molecule has 1 unspecified atom stereocenters. The molecule has 2 heterocycles. The number of nitrogens with zero attached hydrogens (tertiary/aromatic N) is 2. The van der Waals surface area contributed by atoms with E-state index in [4.69, 9.17) is 5.73 Å². The molecule has 3 N–H and O–H groups in total. The normalized spacial score (nSPS) is 16.7. The number of amides is 2. The first kappa shape index (κ1) is 20.9. The third-order valence-electron chi connectivity index (χ3n) is 5.78. The molecule has 6 nitrogen and oxygen atoms in total. The van der Waals surface area contributed by atoms with Crippen LogP contribution in [0.5, 0.6) is 0 Å². The lowest BCUT2D eigenvalue weighted by Gasteiger charge is -2.31. The number of hydrogen-bond donors (Lipinski definition) is 2. The van der Waals surface area contributed by atoms with Crippen LogP contribution in [-0.2, 0) is 17.9 Å². The summed E-state index contributed by atoms with van der Waals surface area (Å²) in [6.45, 7) is 3.11. The number of hydrogen-bond acceptors (Lipinski definition) is 3. The highest BCUT2D eigenvalue weighted by Gasteiger charge is 2.23. The van der Waals surface area contributed by atoms with Crippen molar-refractivity contribution in [1.29, 1.82) is 0 Å². The van der Waals surface area contributed by atoms with Crippen molar-refractivity contribution in [2.24, 2.45) is 11.7 Å². The van der Waals surface area contributed by atoms with Crippen LogP contribution >= 0.6 is 0 Å². The average molecular weight is 417 g/mol. The Morgan fingerprint density at radius 3 is 2.42 bits per heavy atom. The molecule has 0 saturated carbocycles. The second kappa shape index (κ2) is 9.62. The van der Waals surface area contributed by atoms with Gasteiger partial charge in [-0.3, -0.25) is 14.5 Å². The van der Waals surface area contributed by atoms with Crippen LogP contribution in [0.4, 0.5) is 5.69 Å². The van der Waals surface area contributed by atoms with Crippen molar-refractivity contribution in [2.75, 3.05) is 18.4 Å². The van der Waals surface area contributed by atoms with Crippen molar-refractivity contribution in [2.45, 2.75) is 25.9 Å². The average Bonchev–Trinajstić information content (AvgIpc) is 3.24. The quantitative estimate of drug-likeness (QED) is 0.619. The summed E-state index contributed by atoms with van der Waals surface area (Å²) in [5.74, 6) is -0.395. The zero-order valence-electron chi connectivity index (χ0n) is 17.5. The smallest absolute Gasteiger partial charge is 0.272 e. The predicted molar refractivity (Wildman–Crippen MR) is 122 cm³/mol. The van der Waals surface area contributed by atoms with Gasteiger partial charge in [-0.25, -0.2) is 0 Å². The molecule has 160 valence electrons. The molecule has 0 bridgehead atoms. The number of piperidine rings is 1. The summed E-state index contributed by atoms with van der Waals surface area (Å²) < 4.78 is 1.95. The molecule has 1 fully saturated rings. The number of primary amides is 1. The lowest BCUT2D eigenvalue weighted by molar-refractivity contribution is -0.123. The number of carbonyl (C=O) groups excluding carboxylic acids is 2. The Balaban J connectivity index is 1.36. The molecule has 3 aromatic rings. The lowest BCUT2D eigenvalue weighted by Crippen LogP contribution is -2.40. The largest absolute Gasteiger partial charge is 0.369 e. The first-order valence-corrected chi connectivity index (χ1v) is 10.7. The molecular formula is C25H28N4O2. The van der Waals surface area contributed by atoms with Crippen molar-refractivity contribution in [3.63, 3.8) is 0 Å². The van der Waals surface area contributed by atoms with Gasteiger partial charge in [0.15, 0.2) is 0 Å². The van der Waals surface area contributed by atoms with Gasteiger partial charge in [-0.05, 0) is 54.8 Å². The predicted octanol–water partition coefficient (Wildman–Crippen LogP) is 3.49. The Labute approximate surface area is 182 Å². The first-order chi connectivity index (χ1) is 15.1. The van der Waals surface area contributed by atoms with Gasteiger partial charge < -0.3 is 15.6 Å². The Morgan fingerprint density at radius 2 is 1.68 bits per heavy atom. The van der Waals surface area contributed by atoms with E-state index in [0.717, 1.165) is 42.7 Å². The number of benzene rings is 2. The number of rotatable bonds is 7. The molecule has 2 aromatic carbocycles.